The Bertz CT molecular complexity index is 1190. The van der Waals surface area contributed by atoms with E-state index in [1.54, 1.807) is 4.90 Å². The van der Waals surface area contributed by atoms with Gasteiger partial charge in [-0.05, 0) is 68.2 Å². The van der Waals surface area contributed by atoms with Crippen LogP contribution in [-0.4, -0.2) is 49.8 Å². The zero-order valence-electron chi connectivity index (χ0n) is 23.0. The molecular weight excluding hydrogens is 618 g/mol. The van der Waals surface area contributed by atoms with Gasteiger partial charge in [0.25, 0.3) is 5.91 Å². The molecule has 1 amide bonds. The van der Waals surface area contributed by atoms with Gasteiger partial charge in [0.05, 0.1) is 16.7 Å². The maximum Gasteiger partial charge on any atom is 0.416 e. The number of rotatable bonds is 8. The normalized spacial score (nSPS) is 18.5. The fraction of sp³-hybridized carbons (Fsp3) is 0.556. The van der Waals surface area contributed by atoms with Crippen LogP contribution in [0.3, 0.4) is 0 Å². The topological polar surface area (TPSA) is 45.7 Å². The van der Waals surface area contributed by atoms with Crippen molar-refractivity contribution in [2.75, 3.05) is 28.2 Å². The minimum absolute atomic E-state index is 0.0691. The maximum atomic E-state index is 14.4. The summed E-state index contributed by atoms with van der Waals surface area (Å²) >= 11 is 9.45. The lowest BCUT2D eigenvalue weighted by Crippen LogP contribution is -2.54. The number of halogens is 6. The Morgan fingerprint density at radius 3 is 2.46 bits per heavy atom. The second-order valence-electron chi connectivity index (χ2n) is 11.3. The van der Waals surface area contributed by atoms with E-state index >= 15 is 0 Å². The number of nitrogens with zero attached hydrogens (tertiary/aromatic N) is 3. The Hall–Kier alpha value is -1.69. The Morgan fingerprint density at radius 1 is 1.23 bits per heavy atom. The number of hydrogen-bond donors (Lipinski definition) is 0. The van der Waals surface area contributed by atoms with E-state index in [-0.39, 0.29) is 34.0 Å². The summed E-state index contributed by atoms with van der Waals surface area (Å²) in [6, 6.07) is 5.10. The van der Waals surface area contributed by atoms with Crippen LogP contribution in [0.5, 0.6) is 0 Å². The summed E-state index contributed by atoms with van der Waals surface area (Å²) in [6.07, 6.45) is -4.11. The van der Waals surface area contributed by atoms with Crippen molar-refractivity contribution in [1.29, 1.82) is 0 Å². The van der Waals surface area contributed by atoms with Gasteiger partial charge in [-0.25, -0.2) is 9.37 Å². The molecule has 0 unspecified atom stereocenters. The first-order valence-electron chi connectivity index (χ1n) is 12.8. The molecule has 1 fully saturated rings. The molecule has 39 heavy (non-hydrogen) atoms. The molecule has 0 saturated carbocycles. The molecule has 0 N–H and O–H groups in total. The molecule has 2 heterocycles. The van der Waals surface area contributed by atoms with Crippen molar-refractivity contribution in [3.8, 4) is 0 Å². The van der Waals surface area contributed by atoms with Crippen molar-refractivity contribution in [2.24, 2.45) is 0 Å². The number of anilines is 2. The molecule has 1 saturated heterocycles. The van der Waals surface area contributed by atoms with Gasteiger partial charge >= 0.3 is 6.18 Å². The van der Waals surface area contributed by atoms with Gasteiger partial charge in [0.2, 0.25) is 0 Å². The number of alkyl halides is 4. The molecule has 5 nitrogen and oxygen atoms in total. The summed E-state index contributed by atoms with van der Waals surface area (Å²) in [4.78, 5) is 21.9. The first kappa shape index (κ1) is 31.8. The standard InChI is InChI=1S/C27H35BrClF4N3O2Si/c1-17-14-18(27(31,32)33)15-23(34-17)36-13-10-22(38-39(5,6)26(2,3)4)24(36)25(37)35(12-7-11-28)19-8-9-21(30)20(29)16-19/h8-9,14-16,22,24H,7,10-13H2,1-6H3/t22-,24+/m1/s1. The Morgan fingerprint density at radius 2 is 1.90 bits per heavy atom. The smallest absolute Gasteiger partial charge is 0.411 e. The molecule has 2 aromatic rings. The van der Waals surface area contributed by atoms with Gasteiger partial charge in [-0.1, -0.05) is 48.3 Å². The van der Waals surface area contributed by atoms with E-state index in [9.17, 15) is 22.4 Å². The van der Waals surface area contributed by atoms with Crippen LogP contribution in [0, 0.1) is 12.7 Å². The molecule has 0 spiro atoms. The lowest BCUT2D eigenvalue weighted by molar-refractivity contribution is -0.137. The van der Waals surface area contributed by atoms with E-state index in [0.717, 1.165) is 12.1 Å². The number of carbonyl (C=O) groups is 1. The van der Waals surface area contributed by atoms with Crippen LogP contribution >= 0.6 is 27.5 Å². The highest BCUT2D eigenvalue weighted by molar-refractivity contribution is 9.09. The summed E-state index contributed by atoms with van der Waals surface area (Å²) < 4.78 is 61.8. The molecule has 1 aromatic heterocycles. The van der Waals surface area contributed by atoms with Crippen LogP contribution in [0.2, 0.25) is 23.2 Å². The molecule has 1 aliphatic heterocycles. The molecule has 0 radical (unpaired) electrons. The van der Waals surface area contributed by atoms with Crippen LogP contribution in [0.15, 0.2) is 30.3 Å². The molecule has 216 valence electrons. The van der Waals surface area contributed by atoms with Gasteiger partial charge in [0.1, 0.15) is 17.7 Å². The minimum Gasteiger partial charge on any atom is -0.411 e. The van der Waals surface area contributed by atoms with Gasteiger partial charge in [-0.3, -0.25) is 4.79 Å². The number of carbonyl (C=O) groups excluding carboxylic acids is 1. The average Bonchev–Trinajstić information content (AvgIpc) is 3.22. The fourth-order valence-electron chi connectivity index (χ4n) is 4.35. The summed E-state index contributed by atoms with van der Waals surface area (Å²) in [6.45, 7) is 12.5. The van der Waals surface area contributed by atoms with Crippen molar-refractivity contribution >= 4 is 53.3 Å². The van der Waals surface area contributed by atoms with Gasteiger partial charge in [0.15, 0.2) is 8.32 Å². The number of benzene rings is 1. The van der Waals surface area contributed by atoms with Crippen molar-refractivity contribution in [1.82, 2.24) is 4.98 Å². The van der Waals surface area contributed by atoms with E-state index in [4.69, 9.17) is 16.0 Å². The molecule has 1 aliphatic rings. The number of amides is 1. The zero-order valence-corrected chi connectivity index (χ0v) is 26.3. The van der Waals surface area contributed by atoms with Crippen molar-refractivity contribution in [3.05, 3.63) is 52.4 Å². The third-order valence-electron chi connectivity index (χ3n) is 7.41. The third-order valence-corrected chi connectivity index (χ3v) is 12.8. The summed E-state index contributed by atoms with van der Waals surface area (Å²) in [5.41, 5.74) is -0.230. The number of pyridine rings is 1. The van der Waals surface area contributed by atoms with E-state index in [2.05, 4.69) is 54.8 Å². The van der Waals surface area contributed by atoms with Crippen LogP contribution < -0.4 is 9.80 Å². The van der Waals surface area contributed by atoms with Gasteiger partial charge in [0, 0.05) is 29.8 Å². The summed E-state index contributed by atoms with van der Waals surface area (Å²) in [5, 5.41) is 0.328. The van der Waals surface area contributed by atoms with E-state index in [1.807, 2.05) is 0 Å². The quantitative estimate of drug-likeness (QED) is 0.165. The van der Waals surface area contributed by atoms with Crippen LogP contribution in [0.4, 0.5) is 29.1 Å². The number of hydrogen-bond acceptors (Lipinski definition) is 4. The summed E-state index contributed by atoms with van der Waals surface area (Å²) in [5.74, 6) is -0.908. The SMILES string of the molecule is Cc1cc(C(F)(F)F)cc(N2CC[C@@H](O[Si](C)(C)C(C)(C)C)[C@H]2C(=O)N(CCCBr)c2ccc(F)c(Cl)c2)n1. The molecule has 0 aliphatic carbocycles. The first-order chi connectivity index (χ1) is 18.0. The van der Waals surface area contributed by atoms with Crippen molar-refractivity contribution < 1.29 is 26.8 Å². The van der Waals surface area contributed by atoms with Gasteiger partial charge < -0.3 is 14.2 Å². The van der Waals surface area contributed by atoms with Gasteiger partial charge in [-0.15, -0.1) is 0 Å². The van der Waals surface area contributed by atoms with E-state index < -0.39 is 38.0 Å². The lowest BCUT2D eigenvalue weighted by atomic mass is 10.1. The van der Waals surface area contributed by atoms with Crippen LogP contribution in [0.25, 0.3) is 0 Å². The third kappa shape index (κ3) is 7.34. The largest absolute Gasteiger partial charge is 0.416 e. The number of aromatic nitrogens is 1. The van der Waals surface area contributed by atoms with Crippen LogP contribution in [0.1, 0.15) is 44.9 Å². The van der Waals surface area contributed by atoms with Crippen molar-refractivity contribution in [3.63, 3.8) is 0 Å². The average molecular weight is 653 g/mol. The molecule has 12 heteroatoms. The Kier molecular flexibility index (Phi) is 9.83. The Labute approximate surface area is 242 Å². The minimum atomic E-state index is -4.56. The summed E-state index contributed by atoms with van der Waals surface area (Å²) in [7, 11) is -2.37. The highest BCUT2D eigenvalue weighted by Gasteiger charge is 2.48. The number of aryl methyl sites for hydroxylation is 1. The first-order valence-corrected chi connectivity index (χ1v) is 17.2. The molecule has 0 bridgehead atoms. The Balaban J connectivity index is 2.12. The monoisotopic (exact) mass is 651 g/mol. The highest BCUT2D eigenvalue weighted by Crippen LogP contribution is 2.41. The lowest BCUT2D eigenvalue weighted by Gasteiger charge is -2.41. The zero-order chi connectivity index (χ0) is 29.3. The van der Waals surface area contributed by atoms with Crippen LogP contribution in [-0.2, 0) is 15.4 Å². The van der Waals surface area contributed by atoms with E-state index in [1.165, 1.54) is 30.0 Å². The molecule has 2 atom stereocenters. The van der Waals surface area contributed by atoms with E-state index in [0.29, 0.717) is 30.4 Å². The maximum absolute atomic E-state index is 14.4. The van der Waals surface area contributed by atoms with Crippen molar-refractivity contribution in [2.45, 2.75) is 77.0 Å². The predicted molar refractivity (Wildman–Crippen MR) is 154 cm³/mol. The fourth-order valence-corrected chi connectivity index (χ4v) is 6.13. The second-order valence-corrected chi connectivity index (χ2v) is 17.3. The second kappa shape index (κ2) is 12.0. The molecule has 1 aromatic carbocycles. The molecule has 3 rings (SSSR count). The molecular formula is C27H35BrClF4N3O2Si. The van der Waals surface area contributed by atoms with Gasteiger partial charge in [-0.2, -0.15) is 13.2 Å². The highest BCUT2D eigenvalue weighted by atomic mass is 79.9. The predicted octanol–water partition coefficient (Wildman–Crippen LogP) is 7.99.